The van der Waals surface area contributed by atoms with Gasteiger partial charge in [-0.25, -0.2) is 0 Å². The van der Waals surface area contributed by atoms with Gasteiger partial charge >= 0.3 is 0 Å². The van der Waals surface area contributed by atoms with Crippen molar-refractivity contribution in [1.29, 1.82) is 0 Å². The summed E-state index contributed by atoms with van der Waals surface area (Å²) in [7, 11) is 0. The lowest BCUT2D eigenvalue weighted by Crippen LogP contribution is -2.50. The summed E-state index contributed by atoms with van der Waals surface area (Å²) < 4.78 is 11.5. The van der Waals surface area contributed by atoms with Crippen molar-refractivity contribution in [2.45, 2.75) is 44.4 Å². The number of nitrogens with zero attached hydrogens (tertiary/aromatic N) is 1. The molecular formula is C14H24N2O3. The highest BCUT2D eigenvalue weighted by atomic mass is 16.7. The normalized spacial score (nSPS) is 31.8. The predicted octanol–water partition coefficient (Wildman–Crippen LogP) is 0.740. The van der Waals surface area contributed by atoms with Crippen molar-refractivity contribution in [2.75, 3.05) is 32.8 Å². The van der Waals surface area contributed by atoms with Gasteiger partial charge in [0.25, 0.3) is 0 Å². The van der Waals surface area contributed by atoms with Crippen molar-refractivity contribution in [1.82, 2.24) is 10.2 Å². The van der Waals surface area contributed by atoms with Gasteiger partial charge in [-0.2, -0.15) is 0 Å². The number of hydrogen-bond acceptors (Lipinski definition) is 4. The second-order valence-electron chi connectivity index (χ2n) is 5.96. The second-order valence-corrected chi connectivity index (χ2v) is 5.96. The van der Waals surface area contributed by atoms with Gasteiger partial charge in [0.15, 0.2) is 5.79 Å². The summed E-state index contributed by atoms with van der Waals surface area (Å²) in [5.41, 5.74) is 0. The van der Waals surface area contributed by atoms with Gasteiger partial charge in [-0.15, -0.1) is 0 Å². The fourth-order valence-corrected chi connectivity index (χ4v) is 3.51. The van der Waals surface area contributed by atoms with Gasteiger partial charge in [0.05, 0.1) is 19.3 Å². The Kier molecular flexibility index (Phi) is 3.78. The zero-order valence-corrected chi connectivity index (χ0v) is 11.7. The largest absolute Gasteiger partial charge is 0.348 e. The van der Waals surface area contributed by atoms with Gasteiger partial charge in [0.1, 0.15) is 0 Å². The van der Waals surface area contributed by atoms with Crippen molar-refractivity contribution >= 4 is 5.91 Å². The third kappa shape index (κ3) is 2.64. The van der Waals surface area contributed by atoms with Crippen molar-refractivity contribution in [3.8, 4) is 0 Å². The van der Waals surface area contributed by atoms with E-state index in [2.05, 4.69) is 5.32 Å². The summed E-state index contributed by atoms with van der Waals surface area (Å²) in [5, 5.41) is 3.29. The monoisotopic (exact) mass is 268 g/mol. The summed E-state index contributed by atoms with van der Waals surface area (Å²) >= 11 is 0. The van der Waals surface area contributed by atoms with Gasteiger partial charge in [0, 0.05) is 19.0 Å². The van der Waals surface area contributed by atoms with E-state index in [1.807, 2.05) is 11.8 Å². The number of piperidine rings is 1. The zero-order chi connectivity index (χ0) is 13.3. The first-order valence-corrected chi connectivity index (χ1v) is 7.49. The van der Waals surface area contributed by atoms with E-state index in [1.54, 1.807) is 0 Å². The fraction of sp³-hybridized carbons (Fsp3) is 0.929. The molecule has 108 valence electrons. The number of hydrogen-bond donors (Lipinski definition) is 1. The number of likely N-dealkylation sites (tertiary alicyclic amines) is 1. The van der Waals surface area contributed by atoms with Crippen LogP contribution in [0.15, 0.2) is 0 Å². The van der Waals surface area contributed by atoms with E-state index in [9.17, 15) is 4.79 Å². The molecule has 3 heterocycles. The molecule has 1 unspecified atom stereocenters. The lowest BCUT2D eigenvalue weighted by molar-refractivity contribution is -0.191. The van der Waals surface area contributed by atoms with E-state index in [4.69, 9.17) is 9.47 Å². The molecule has 0 spiro atoms. The molecule has 5 nitrogen and oxygen atoms in total. The van der Waals surface area contributed by atoms with E-state index in [0.717, 1.165) is 45.3 Å². The predicted molar refractivity (Wildman–Crippen MR) is 70.6 cm³/mol. The minimum Gasteiger partial charge on any atom is -0.348 e. The lowest BCUT2D eigenvalue weighted by Gasteiger charge is -2.39. The first kappa shape index (κ1) is 13.3. The molecule has 1 atom stereocenters. The van der Waals surface area contributed by atoms with Crippen LogP contribution < -0.4 is 5.32 Å². The summed E-state index contributed by atoms with van der Waals surface area (Å²) in [5.74, 6) is 0.283. The SMILES string of the molecule is CC1(C2CCN(C(=O)C3CCCN3)CC2)OCCO1. The smallest absolute Gasteiger partial charge is 0.239 e. The standard InChI is InChI=1S/C14H24N2O3/c1-14(18-9-10-19-14)11-4-7-16(8-5-11)13(17)12-3-2-6-15-12/h11-12,15H,2-10H2,1H3. The van der Waals surface area contributed by atoms with Gasteiger partial charge in [-0.3, -0.25) is 4.79 Å². The average Bonchev–Trinajstić information content (AvgIpc) is 3.10. The van der Waals surface area contributed by atoms with Gasteiger partial charge < -0.3 is 19.7 Å². The molecule has 3 fully saturated rings. The molecule has 5 heteroatoms. The van der Waals surface area contributed by atoms with Crippen molar-refractivity contribution < 1.29 is 14.3 Å². The molecule has 3 aliphatic heterocycles. The Morgan fingerprint density at radius 1 is 1.21 bits per heavy atom. The third-order valence-electron chi connectivity index (χ3n) is 4.77. The van der Waals surface area contributed by atoms with Gasteiger partial charge in [0.2, 0.25) is 5.91 Å². The Bertz CT molecular complexity index is 328. The van der Waals surface area contributed by atoms with Crippen LogP contribution in [0.5, 0.6) is 0 Å². The number of amides is 1. The highest BCUT2D eigenvalue weighted by Gasteiger charge is 2.42. The quantitative estimate of drug-likeness (QED) is 0.802. The Morgan fingerprint density at radius 2 is 1.89 bits per heavy atom. The van der Waals surface area contributed by atoms with Crippen LogP contribution in [0.25, 0.3) is 0 Å². The molecule has 0 bridgehead atoms. The molecule has 1 N–H and O–H groups in total. The van der Waals surface area contributed by atoms with Crippen LogP contribution in [0.3, 0.4) is 0 Å². The van der Waals surface area contributed by atoms with Crippen molar-refractivity contribution in [2.24, 2.45) is 5.92 Å². The molecular weight excluding hydrogens is 244 g/mol. The maximum absolute atomic E-state index is 12.3. The van der Waals surface area contributed by atoms with Crippen LogP contribution >= 0.6 is 0 Å². The Balaban J connectivity index is 1.52. The first-order valence-electron chi connectivity index (χ1n) is 7.49. The Hall–Kier alpha value is -0.650. The molecule has 0 radical (unpaired) electrons. The van der Waals surface area contributed by atoms with E-state index >= 15 is 0 Å². The van der Waals surface area contributed by atoms with Crippen LogP contribution in [0.2, 0.25) is 0 Å². The van der Waals surface area contributed by atoms with Crippen LogP contribution in [-0.4, -0.2) is 55.5 Å². The maximum atomic E-state index is 12.3. The molecule has 0 aromatic carbocycles. The topological polar surface area (TPSA) is 50.8 Å². The summed E-state index contributed by atoms with van der Waals surface area (Å²) in [6.45, 7) is 6.09. The van der Waals surface area contributed by atoms with E-state index in [-0.39, 0.29) is 11.9 Å². The lowest BCUT2D eigenvalue weighted by atomic mass is 9.89. The zero-order valence-electron chi connectivity index (χ0n) is 11.7. The summed E-state index contributed by atoms with van der Waals surface area (Å²) in [6.07, 6.45) is 4.07. The molecule has 19 heavy (non-hydrogen) atoms. The van der Waals surface area contributed by atoms with Crippen LogP contribution in [-0.2, 0) is 14.3 Å². The van der Waals surface area contributed by atoms with Gasteiger partial charge in [-0.1, -0.05) is 0 Å². The maximum Gasteiger partial charge on any atom is 0.239 e. The molecule has 1 amide bonds. The second kappa shape index (κ2) is 5.38. The number of ether oxygens (including phenoxy) is 2. The summed E-state index contributed by atoms with van der Waals surface area (Å²) in [4.78, 5) is 14.3. The van der Waals surface area contributed by atoms with Gasteiger partial charge in [-0.05, 0) is 39.2 Å². The molecule has 0 saturated carbocycles. The van der Waals surface area contributed by atoms with Crippen molar-refractivity contribution in [3.63, 3.8) is 0 Å². The molecule has 0 aromatic rings. The molecule has 3 rings (SSSR count). The Morgan fingerprint density at radius 3 is 2.47 bits per heavy atom. The molecule has 3 aliphatic rings. The average molecular weight is 268 g/mol. The van der Waals surface area contributed by atoms with Crippen LogP contribution in [0, 0.1) is 5.92 Å². The third-order valence-corrected chi connectivity index (χ3v) is 4.77. The minimum absolute atomic E-state index is 0.0612. The summed E-state index contributed by atoms with van der Waals surface area (Å²) in [6, 6.07) is 0.0612. The highest BCUT2D eigenvalue weighted by molar-refractivity contribution is 5.82. The number of carbonyl (C=O) groups is 1. The van der Waals surface area contributed by atoms with Crippen LogP contribution in [0.4, 0.5) is 0 Å². The van der Waals surface area contributed by atoms with E-state index in [0.29, 0.717) is 19.1 Å². The molecule has 0 aromatic heterocycles. The molecule has 0 aliphatic carbocycles. The Labute approximate surface area is 114 Å². The number of nitrogens with one attached hydrogen (secondary N) is 1. The number of rotatable bonds is 2. The van der Waals surface area contributed by atoms with Crippen molar-refractivity contribution in [3.05, 3.63) is 0 Å². The molecule has 3 saturated heterocycles. The fourth-order valence-electron chi connectivity index (χ4n) is 3.51. The first-order chi connectivity index (χ1) is 9.19. The van der Waals surface area contributed by atoms with Crippen LogP contribution in [0.1, 0.15) is 32.6 Å². The highest BCUT2D eigenvalue weighted by Crippen LogP contribution is 2.35. The van der Waals surface area contributed by atoms with E-state index < -0.39 is 5.79 Å². The number of carbonyl (C=O) groups excluding carboxylic acids is 1. The van der Waals surface area contributed by atoms with E-state index in [1.165, 1.54) is 0 Å². The minimum atomic E-state index is -0.416.